The average Bonchev–Trinajstić information content (AvgIpc) is 2.96. The molecule has 1 heterocycles. The number of hydrogen-bond donors (Lipinski definition) is 2. The van der Waals surface area contributed by atoms with Crippen molar-refractivity contribution in [2.45, 2.75) is 19.6 Å². The van der Waals surface area contributed by atoms with Crippen LogP contribution in [0, 0.1) is 11.8 Å². The van der Waals surface area contributed by atoms with Gasteiger partial charge in [0, 0.05) is 19.0 Å². The molecule has 0 spiro atoms. The molecule has 3 unspecified atom stereocenters. The van der Waals surface area contributed by atoms with Crippen molar-refractivity contribution < 1.29 is 34.0 Å². The number of ether oxygens (including phenoxy) is 3. The summed E-state index contributed by atoms with van der Waals surface area (Å²) in [5, 5.41) is 18.0. The number of hydrogen-bond acceptors (Lipinski definition) is 7. The van der Waals surface area contributed by atoms with Crippen LogP contribution >= 0.6 is 0 Å². The van der Waals surface area contributed by atoms with Crippen LogP contribution in [-0.4, -0.2) is 66.9 Å². The Kier molecular flexibility index (Phi) is 6.22. The van der Waals surface area contributed by atoms with Gasteiger partial charge in [-0.25, -0.2) is 9.59 Å². The molecule has 2 N–H and O–H groups in total. The van der Waals surface area contributed by atoms with Crippen LogP contribution in [0.3, 0.4) is 0 Å². The second-order valence-corrected chi connectivity index (χ2v) is 5.70. The lowest BCUT2D eigenvalue weighted by molar-refractivity contribution is -0.142. The van der Waals surface area contributed by atoms with Crippen molar-refractivity contribution in [1.29, 1.82) is 0 Å². The van der Waals surface area contributed by atoms with Crippen LogP contribution in [0.25, 0.3) is 0 Å². The van der Waals surface area contributed by atoms with Gasteiger partial charge in [-0.2, -0.15) is 0 Å². The lowest BCUT2D eigenvalue weighted by Gasteiger charge is -2.34. The minimum Gasteiger partial charge on any atom is -0.466 e. The van der Waals surface area contributed by atoms with E-state index in [0.717, 1.165) is 5.57 Å². The van der Waals surface area contributed by atoms with Crippen molar-refractivity contribution in [2.24, 2.45) is 11.8 Å². The zero-order chi connectivity index (χ0) is 17.7. The van der Waals surface area contributed by atoms with Crippen LogP contribution in [0.2, 0.25) is 0 Å². The van der Waals surface area contributed by atoms with Gasteiger partial charge in [0.05, 0.1) is 38.1 Å². The molecule has 0 aromatic rings. The summed E-state index contributed by atoms with van der Waals surface area (Å²) in [6, 6.07) is 0. The van der Waals surface area contributed by atoms with E-state index in [1.807, 2.05) is 13.0 Å². The van der Waals surface area contributed by atoms with E-state index in [1.54, 1.807) is 0 Å². The Morgan fingerprint density at radius 2 is 2.00 bits per heavy atom. The summed E-state index contributed by atoms with van der Waals surface area (Å²) in [6.45, 7) is 1.53. The number of aliphatic hydroxyl groups is 2. The molecule has 0 aromatic carbocycles. The number of fused-ring (bicyclic) bond motifs is 1. The summed E-state index contributed by atoms with van der Waals surface area (Å²) in [7, 11) is 1.31. The molecule has 134 valence electrons. The predicted molar refractivity (Wildman–Crippen MR) is 82.6 cm³/mol. The van der Waals surface area contributed by atoms with Crippen LogP contribution in [-0.2, 0) is 19.0 Å². The van der Waals surface area contributed by atoms with Gasteiger partial charge in [-0.3, -0.25) is 0 Å². The van der Waals surface area contributed by atoms with E-state index in [-0.39, 0.29) is 38.1 Å². The van der Waals surface area contributed by atoms with E-state index in [1.165, 1.54) is 18.3 Å². The third-order valence-electron chi connectivity index (χ3n) is 4.31. The quantitative estimate of drug-likeness (QED) is 0.532. The summed E-state index contributed by atoms with van der Waals surface area (Å²) in [5.41, 5.74) is 1.40. The van der Waals surface area contributed by atoms with Crippen LogP contribution in [0.15, 0.2) is 23.5 Å². The zero-order valence-corrected chi connectivity index (χ0v) is 13.8. The van der Waals surface area contributed by atoms with Crippen LogP contribution in [0.4, 0.5) is 4.79 Å². The van der Waals surface area contributed by atoms with Gasteiger partial charge in [0.15, 0.2) is 0 Å². The predicted octanol–water partition coefficient (Wildman–Crippen LogP) is 0.405. The Bertz CT molecular complexity index is 537. The normalized spacial score (nSPS) is 25.1. The van der Waals surface area contributed by atoms with Gasteiger partial charge in [-0.15, -0.1) is 0 Å². The van der Waals surface area contributed by atoms with Gasteiger partial charge in [0.2, 0.25) is 0 Å². The van der Waals surface area contributed by atoms with Gasteiger partial charge in [-0.1, -0.05) is 11.6 Å². The van der Waals surface area contributed by atoms with E-state index in [0.29, 0.717) is 12.0 Å². The molecule has 1 aliphatic carbocycles. The number of rotatable bonds is 6. The molecule has 2 rings (SSSR count). The van der Waals surface area contributed by atoms with Crippen molar-refractivity contribution in [2.75, 3.05) is 33.4 Å². The Hall–Kier alpha value is -2.06. The molecule has 0 aromatic heterocycles. The molecule has 8 heteroatoms. The molecule has 0 saturated heterocycles. The third kappa shape index (κ3) is 3.70. The Morgan fingerprint density at radius 3 is 2.58 bits per heavy atom. The second-order valence-electron chi connectivity index (χ2n) is 5.70. The Labute approximate surface area is 140 Å². The Morgan fingerprint density at radius 1 is 1.33 bits per heavy atom. The van der Waals surface area contributed by atoms with Gasteiger partial charge in [0.1, 0.15) is 0 Å². The molecule has 0 saturated carbocycles. The maximum Gasteiger partial charge on any atom is 0.413 e. The summed E-state index contributed by atoms with van der Waals surface area (Å²) in [6.07, 6.45) is 2.37. The molecule has 0 bridgehead atoms. The fourth-order valence-electron chi connectivity index (χ4n) is 3.08. The first-order valence-corrected chi connectivity index (χ1v) is 7.81. The minimum atomic E-state index is -0.866. The van der Waals surface area contributed by atoms with E-state index in [2.05, 4.69) is 0 Å². The highest BCUT2D eigenvalue weighted by Crippen LogP contribution is 2.43. The number of carbonyl (C=O) groups is 2. The molecule has 0 radical (unpaired) electrons. The molecule has 1 aliphatic heterocycles. The van der Waals surface area contributed by atoms with Crippen LogP contribution < -0.4 is 0 Å². The van der Waals surface area contributed by atoms with Gasteiger partial charge >= 0.3 is 12.1 Å². The van der Waals surface area contributed by atoms with E-state index in [4.69, 9.17) is 24.4 Å². The molecular formula is C16H23NO7. The largest absolute Gasteiger partial charge is 0.466 e. The van der Waals surface area contributed by atoms with Gasteiger partial charge in [-0.05, 0) is 13.3 Å². The van der Waals surface area contributed by atoms with Crippen LogP contribution in [0.1, 0.15) is 13.3 Å². The maximum atomic E-state index is 12.2. The SMILES string of the molecule is COC(=O)C1=COC(OC(=O)N(CCO)CCO)C2C(C)=CCC12. The molecule has 24 heavy (non-hydrogen) atoms. The molecule has 1 amide bonds. The van der Waals surface area contributed by atoms with Crippen LogP contribution in [0.5, 0.6) is 0 Å². The van der Waals surface area contributed by atoms with E-state index < -0.39 is 18.4 Å². The number of carbonyl (C=O) groups excluding carboxylic acids is 2. The van der Waals surface area contributed by atoms with Crippen molar-refractivity contribution in [3.05, 3.63) is 23.5 Å². The summed E-state index contributed by atoms with van der Waals surface area (Å²) in [5.74, 6) is -0.883. The zero-order valence-electron chi connectivity index (χ0n) is 13.8. The lowest BCUT2D eigenvalue weighted by atomic mass is 9.84. The lowest BCUT2D eigenvalue weighted by Crippen LogP contribution is -2.43. The van der Waals surface area contributed by atoms with Crippen molar-refractivity contribution >= 4 is 12.1 Å². The average molecular weight is 341 g/mol. The summed E-state index contributed by atoms with van der Waals surface area (Å²) in [4.78, 5) is 25.3. The minimum absolute atomic E-state index is 0.0538. The van der Waals surface area contributed by atoms with Crippen molar-refractivity contribution in [1.82, 2.24) is 4.90 Å². The van der Waals surface area contributed by atoms with Crippen molar-refractivity contribution in [3.8, 4) is 0 Å². The van der Waals surface area contributed by atoms with Crippen molar-refractivity contribution in [3.63, 3.8) is 0 Å². The summed E-state index contributed by atoms with van der Waals surface area (Å²) >= 11 is 0. The van der Waals surface area contributed by atoms with E-state index in [9.17, 15) is 9.59 Å². The monoisotopic (exact) mass is 341 g/mol. The number of methoxy groups -OCH3 is 1. The number of esters is 1. The molecule has 2 aliphatic rings. The first-order valence-electron chi connectivity index (χ1n) is 7.81. The second kappa shape index (κ2) is 8.16. The van der Waals surface area contributed by atoms with Gasteiger partial charge in [0.25, 0.3) is 6.29 Å². The third-order valence-corrected chi connectivity index (χ3v) is 4.31. The standard InChI is InChI=1S/C16H23NO7/c1-10-3-4-11-12(14(20)22-2)9-23-15(13(10)11)24-16(21)17(5-7-18)6-8-19/h3,9,11,13,15,18-19H,4-8H2,1-2H3. The maximum absolute atomic E-state index is 12.2. The molecule has 3 atom stereocenters. The topological polar surface area (TPSA) is 106 Å². The number of nitrogens with zero attached hydrogens (tertiary/aromatic N) is 1. The highest BCUT2D eigenvalue weighted by atomic mass is 16.7. The smallest absolute Gasteiger partial charge is 0.413 e. The first kappa shape index (κ1) is 18.3. The number of amides is 1. The fourth-order valence-corrected chi connectivity index (χ4v) is 3.08. The highest BCUT2D eigenvalue weighted by Gasteiger charge is 2.45. The number of allylic oxidation sites excluding steroid dienone is 1. The molecular weight excluding hydrogens is 318 g/mol. The first-order chi connectivity index (χ1) is 11.5. The number of aliphatic hydroxyl groups excluding tert-OH is 2. The van der Waals surface area contributed by atoms with E-state index >= 15 is 0 Å². The summed E-state index contributed by atoms with van der Waals surface area (Å²) < 4.78 is 15.7. The van der Waals surface area contributed by atoms with Gasteiger partial charge < -0.3 is 29.3 Å². The highest BCUT2D eigenvalue weighted by molar-refractivity contribution is 5.89. The fraction of sp³-hybridized carbons (Fsp3) is 0.625. The Balaban J connectivity index is 2.13. The molecule has 8 nitrogen and oxygen atoms in total. The molecule has 0 fully saturated rings.